The van der Waals surface area contributed by atoms with Gasteiger partial charge in [-0.15, -0.1) is 0 Å². The Morgan fingerprint density at radius 1 is 1.02 bits per heavy atom. The quantitative estimate of drug-likeness (QED) is 0.463. The van der Waals surface area contributed by atoms with E-state index in [2.05, 4.69) is 31.4 Å². The Morgan fingerprint density at radius 3 is 2.56 bits per heavy atom. The average Bonchev–Trinajstić information content (AvgIpc) is 3.75. The molecule has 5 aliphatic rings. The maximum absolute atomic E-state index is 14.4. The molecule has 2 saturated heterocycles. The number of carbonyl (C=O) groups is 3. The summed E-state index contributed by atoms with van der Waals surface area (Å²) >= 11 is 0. The van der Waals surface area contributed by atoms with Crippen LogP contribution in [0.3, 0.4) is 0 Å². The highest BCUT2D eigenvalue weighted by molar-refractivity contribution is 6.02. The van der Waals surface area contributed by atoms with Crippen molar-refractivity contribution in [3.05, 3.63) is 65.7 Å². The van der Waals surface area contributed by atoms with Gasteiger partial charge in [0, 0.05) is 18.3 Å². The first-order chi connectivity index (χ1) is 20.7. The molecule has 4 aliphatic heterocycles. The number of likely N-dealkylation sites (tertiary alicyclic amines) is 1. The van der Waals surface area contributed by atoms with Gasteiger partial charge >= 0.3 is 0 Å². The molecule has 1 saturated carbocycles. The third kappa shape index (κ3) is 4.69. The van der Waals surface area contributed by atoms with Crippen molar-refractivity contribution in [2.75, 3.05) is 12.1 Å². The van der Waals surface area contributed by atoms with Gasteiger partial charge in [0.25, 0.3) is 0 Å². The fraction of sp³-hybridized carbons (Fsp3) is 0.500. The van der Waals surface area contributed by atoms with Gasteiger partial charge in [0.15, 0.2) is 11.5 Å². The third-order valence-electron chi connectivity index (χ3n) is 10.00. The number of anilines is 1. The van der Waals surface area contributed by atoms with Crippen LogP contribution in [0.4, 0.5) is 5.69 Å². The van der Waals surface area contributed by atoms with Gasteiger partial charge in [0.2, 0.25) is 24.5 Å². The lowest BCUT2D eigenvalue weighted by Crippen LogP contribution is -2.57. The minimum Gasteiger partial charge on any atom is -0.454 e. The molecule has 9 nitrogen and oxygen atoms in total. The lowest BCUT2D eigenvalue weighted by molar-refractivity contribution is -0.142. The number of hydrogen-bond acceptors (Lipinski definition) is 6. The second-order valence-corrected chi connectivity index (χ2v) is 13.0. The Hall–Kier alpha value is -3.85. The number of carbonyl (C=O) groups excluding carboxylic acids is 3. The van der Waals surface area contributed by atoms with Crippen LogP contribution in [0.2, 0.25) is 0 Å². The molecule has 2 N–H and O–H groups in total. The van der Waals surface area contributed by atoms with Gasteiger partial charge in [-0.3, -0.25) is 14.4 Å². The second kappa shape index (κ2) is 10.7. The molecule has 2 aromatic rings. The number of benzene rings is 2. The SMILES string of the molecule is CC(C)c1ccc(NC(=O)[C@@H]2[C@@H]3C=C[C@]4(O3)[C@@H]2C(=O)N(Cc2ccc3c(c2)OCO3)[C@H]4C(=O)N[C@H]2CCCC[C@@H]2C)cc1. The molecular weight excluding hydrogens is 546 g/mol. The molecule has 3 amide bonds. The minimum atomic E-state index is -1.22. The maximum Gasteiger partial charge on any atom is 0.246 e. The van der Waals surface area contributed by atoms with E-state index < -0.39 is 29.6 Å². The van der Waals surface area contributed by atoms with Crippen LogP contribution in [0.5, 0.6) is 11.5 Å². The zero-order valence-electron chi connectivity index (χ0n) is 24.9. The molecule has 43 heavy (non-hydrogen) atoms. The molecular formula is C34H39N3O6. The summed E-state index contributed by atoms with van der Waals surface area (Å²) in [6.45, 7) is 6.73. The smallest absolute Gasteiger partial charge is 0.246 e. The van der Waals surface area contributed by atoms with E-state index in [1.165, 1.54) is 5.56 Å². The summed E-state index contributed by atoms with van der Waals surface area (Å²) in [4.78, 5) is 44.0. The molecule has 0 aromatic heterocycles. The Balaban J connectivity index is 1.19. The summed E-state index contributed by atoms with van der Waals surface area (Å²) in [5.74, 6) is -0.353. The Kier molecular flexibility index (Phi) is 6.95. The van der Waals surface area contributed by atoms with Gasteiger partial charge in [-0.05, 0) is 60.1 Å². The predicted octanol–water partition coefficient (Wildman–Crippen LogP) is 4.52. The van der Waals surface area contributed by atoms with E-state index in [4.69, 9.17) is 14.2 Å². The molecule has 1 aliphatic carbocycles. The molecule has 9 heteroatoms. The van der Waals surface area contributed by atoms with E-state index in [9.17, 15) is 14.4 Å². The van der Waals surface area contributed by atoms with Crippen molar-refractivity contribution < 1.29 is 28.6 Å². The van der Waals surface area contributed by atoms with Crippen LogP contribution >= 0.6 is 0 Å². The Labute approximate surface area is 251 Å². The molecule has 3 fully saturated rings. The second-order valence-electron chi connectivity index (χ2n) is 13.0. The van der Waals surface area contributed by atoms with Crippen molar-refractivity contribution in [1.82, 2.24) is 10.2 Å². The summed E-state index contributed by atoms with van der Waals surface area (Å²) < 4.78 is 17.6. The van der Waals surface area contributed by atoms with E-state index in [0.29, 0.717) is 29.0 Å². The summed E-state index contributed by atoms with van der Waals surface area (Å²) in [6, 6.07) is 12.4. The Bertz CT molecular complexity index is 1470. The normalized spacial score (nSPS) is 31.9. The van der Waals surface area contributed by atoms with E-state index in [1.54, 1.807) is 4.90 Å². The van der Waals surface area contributed by atoms with Crippen LogP contribution in [-0.4, -0.2) is 53.2 Å². The number of nitrogens with one attached hydrogen (secondary N) is 2. The molecule has 2 bridgehead atoms. The van der Waals surface area contributed by atoms with Crippen molar-refractivity contribution in [3.63, 3.8) is 0 Å². The summed E-state index contributed by atoms with van der Waals surface area (Å²) in [5.41, 5.74) is 1.43. The van der Waals surface area contributed by atoms with E-state index in [0.717, 1.165) is 31.2 Å². The number of amides is 3. The first kappa shape index (κ1) is 28.0. The zero-order valence-corrected chi connectivity index (χ0v) is 24.9. The van der Waals surface area contributed by atoms with Crippen LogP contribution in [0.1, 0.15) is 63.5 Å². The molecule has 0 unspecified atom stereocenters. The zero-order chi connectivity index (χ0) is 29.9. The largest absolute Gasteiger partial charge is 0.454 e. The molecule has 7 atom stereocenters. The van der Waals surface area contributed by atoms with Crippen molar-refractivity contribution in [2.45, 2.75) is 82.7 Å². The third-order valence-corrected chi connectivity index (χ3v) is 10.00. The number of nitrogens with zero attached hydrogens (tertiary/aromatic N) is 1. The highest BCUT2D eigenvalue weighted by Gasteiger charge is 2.72. The van der Waals surface area contributed by atoms with Gasteiger partial charge < -0.3 is 29.7 Å². The van der Waals surface area contributed by atoms with Crippen LogP contribution in [0, 0.1) is 17.8 Å². The lowest BCUT2D eigenvalue weighted by atomic mass is 9.74. The van der Waals surface area contributed by atoms with Gasteiger partial charge in [-0.25, -0.2) is 0 Å². The average molecular weight is 586 g/mol. The molecule has 4 heterocycles. The van der Waals surface area contributed by atoms with Crippen molar-refractivity contribution in [2.24, 2.45) is 17.8 Å². The van der Waals surface area contributed by atoms with Gasteiger partial charge in [0.05, 0.1) is 17.9 Å². The lowest BCUT2D eigenvalue weighted by Gasteiger charge is -2.36. The minimum absolute atomic E-state index is 0.0367. The number of ether oxygens (including phenoxy) is 3. The topological polar surface area (TPSA) is 106 Å². The van der Waals surface area contributed by atoms with Gasteiger partial charge in [-0.2, -0.15) is 0 Å². The van der Waals surface area contributed by atoms with E-state index in [-0.39, 0.29) is 37.1 Å². The number of hydrogen-bond donors (Lipinski definition) is 2. The molecule has 7 rings (SSSR count). The molecule has 226 valence electrons. The summed E-state index contributed by atoms with van der Waals surface area (Å²) in [6.07, 6.45) is 7.31. The number of fused-ring (bicyclic) bond motifs is 2. The molecule has 2 aromatic carbocycles. The van der Waals surface area contributed by atoms with Crippen LogP contribution < -0.4 is 20.1 Å². The van der Waals surface area contributed by atoms with Crippen LogP contribution in [0.25, 0.3) is 0 Å². The van der Waals surface area contributed by atoms with E-state index >= 15 is 0 Å². The molecule has 0 radical (unpaired) electrons. The van der Waals surface area contributed by atoms with Crippen molar-refractivity contribution in [3.8, 4) is 11.5 Å². The standard InChI is InChI=1S/C34H39N3O6/c1-19(2)22-9-11-23(12-10-22)35-31(38)28-26-14-15-34(43-26)29(28)33(40)37(17-21-8-13-25-27(16-21)42-18-41-25)30(34)32(39)36-24-7-5-4-6-20(24)3/h8-16,19-20,24,26,28-30H,4-7,17-18H2,1-3H3,(H,35,38)(H,36,39)/t20-,24-,26-,28+,29-,30-,34-/m0/s1. The van der Waals surface area contributed by atoms with Crippen LogP contribution in [0.15, 0.2) is 54.6 Å². The fourth-order valence-corrected chi connectivity index (χ4v) is 7.64. The highest BCUT2D eigenvalue weighted by atomic mass is 16.7. The number of rotatable bonds is 7. The summed E-state index contributed by atoms with van der Waals surface area (Å²) in [7, 11) is 0. The molecule has 1 spiro atoms. The first-order valence-corrected chi connectivity index (χ1v) is 15.5. The first-order valence-electron chi connectivity index (χ1n) is 15.5. The predicted molar refractivity (Wildman–Crippen MR) is 159 cm³/mol. The van der Waals surface area contributed by atoms with Crippen molar-refractivity contribution in [1.29, 1.82) is 0 Å². The van der Waals surface area contributed by atoms with Gasteiger partial charge in [-0.1, -0.05) is 64.0 Å². The highest BCUT2D eigenvalue weighted by Crippen LogP contribution is 2.55. The summed E-state index contributed by atoms with van der Waals surface area (Å²) in [5, 5.41) is 6.30. The fourth-order valence-electron chi connectivity index (χ4n) is 7.64. The Morgan fingerprint density at radius 2 is 1.79 bits per heavy atom. The van der Waals surface area contributed by atoms with Crippen molar-refractivity contribution >= 4 is 23.4 Å². The maximum atomic E-state index is 14.4. The monoisotopic (exact) mass is 585 g/mol. The van der Waals surface area contributed by atoms with E-state index in [1.807, 2.05) is 54.6 Å². The van der Waals surface area contributed by atoms with Gasteiger partial charge in [0.1, 0.15) is 11.6 Å². The van der Waals surface area contributed by atoms with Crippen LogP contribution in [-0.2, 0) is 25.7 Å².